The van der Waals surface area contributed by atoms with E-state index in [1.165, 1.54) is 6.42 Å². The summed E-state index contributed by atoms with van der Waals surface area (Å²) < 4.78 is 7.16. The number of hydrogen-bond acceptors (Lipinski definition) is 5. The van der Waals surface area contributed by atoms with Crippen LogP contribution in [0.3, 0.4) is 0 Å². The highest BCUT2D eigenvalue weighted by Crippen LogP contribution is 2.24. The number of hydrogen-bond donors (Lipinski definition) is 1. The topological polar surface area (TPSA) is 86.1 Å². The highest BCUT2D eigenvalue weighted by Gasteiger charge is 2.26. The molecule has 1 aliphatic carbocycles. The van der Waals surface area contributed by atoms with Crippen LogP contribution in [0.5, 0.6) is 0 Å². The molecule has 3 aromatic rings. The first-order valence-corrected chi connectivity index (χ1v) is 10.7. The summed E-state index contributed by atoms with van der Waals surface area (Å²) in [6.07, 6.45) is 9.43. The molecule has 1 unspecified atom stereocenters. The Labute approximate surface area is 181 Å². The highest BCUT2D eigenvalue weighted by atomic mass is 16.5. The van der Waals surface area contributed by atoms with Crippen LogP contribution in [0.1, 0.15) is 49.4 Å². The Morgan fingerprint density at radius 2 is 1.87 bits per heavy atom. The number of benzene rings is 1. The first-order valence-electron chi connectivity index (χ1n) is 10.7. The summed E-state index contributed by atoms with van der Waals surface area (Å²) in [6, 6.07) is 13.3. The van der Waals surface area contributed by atoms with Crippen LogP contribution >= 0.6 is 0 Å². The van der Waals surface area contributed by atoms with E-state index < -0.39 is 12.1 Å². The summed E-state index contributed by atoms with van der Waals surface area (Å²) in [4.78, 5) is 29.7. The minimum atomic E-state index is -0.892. The molecule has 1 atom stereocenters. The van der Waals surface area contributed by atoms with E-state index >= 15 is 0 Å². The van der Waals surface area contributed by atoms with Crippen molar-refractivity contribution >= 4 is 11.9 Å². The number of para-hydroxylation sites is 1. The van der Waals surface area contributed by atoms with E-state index in [-0.39, 0.29) is 17.5 Å². The number of nitrogens with one attached hydrogen (secondary N) is 1. The van der Waals surface area contributed by atoms with E-state index in [1.807, 2.05) is 36.4 Å². The van der Waals surface area contributed by atoms with Crippen LogP contribution < -0.4 is 5.32 Å². The summed E-state index contributed by atoms with van der Waals surface area (Å²) in [6.45, 7) is 1.60. The van der Waals surface area contributed by atoms with Crippen molar-refractivity contribution in [1.29, 1.82) is 0 Å². The number of amides is 1. The third kappa shape index (κ3) is 4.99. The van der Waals surface area contributed by atoms with Crippen molar-refractivity contribution < 1.29 is 14.3 Å². The van der Waals surface area contributed by atoms with E-state index in [4.69, 9.17) is 4.74 Å². The number of aromatic nitrogens is 3. The van der Waals surface area contributed by atoms with Crippen LogP contribution in [-0.4, -0.2) is 38.8 Å². The molecule has 2 heterocycles. The molecule has 1 saturated carbocycles. The predicted octanol–water partition coefficient (Wildman–Crippen LogP) is 3.93. The first-order chi connectivity index (χ1) is 15.1. The van der Waals surface area contributed by atoms with E-state index in [9.17, 15) is 9.59 Å². The number of pyridine rings is 1. The average Bonchev–Trinajstić information content (AvgIpc) is 3.27. The van der Waals surface area contributed by atoms with Crippen LogP contribution in [0.25, 0.3) is 16.9 Å². The van der Waals surface area contributed by atoms with Gasteiger partial charge in [0.2, 0.25) is 0 Å². The summed E-state index contributed by atoms with van der Waals surface area (Å²) >= 11 is 0. The van der Waals surface area contributed by atoms with Gasteiger partial charge in [-0.3, -0.25) is 9.78 Å². The molecule has 0 spiro atoms. The molecule has 2 aromatic heterocycles. The maximum absolute atomic E-state index is 13.0. The second-order valence-electron chi connectivity index (χ2n) is 7.80. The monoisotopic (exact) mass is 418 g/mol. The number of carbonyl (C=O) groups is 2. The van der Waals surface area contributed by atoms with E-state index in [0.717, 1.165) is 31.4 Å². The number of carbonyl (C=O) groups excluding carboxylic acids is 2. The molecule has 1 aliphatic rings. The lowest BCUT2D eigenvalue weighted by Crippen LogP contribution is -2.42. The fourth-order valence-electron chi connectivity index (χ4n) is 3.80. The summed E-state index contributed by atoms with van der Waals surface area (Å²) in [5, 5.41) is 7.60. The minimum absolute atomic E-state index is 0.161. The Kier molecular flexibility index (Phi) is 6.40. The van der Waals surface area contributed by atoms with Gasteiger partial charge in [0, 0.05) is 30.2 Å². The summed E-state index contributed by atoms with van der Waals surface area (Å²) in [5.74, 6) is -0.856. The smallest absolute Gasteiger partial charge is 0.342 e. The van der Waals surface area contributed by atoms with Gasteiger partial charge in [0.1, 0.15) is 11.3 Å². The molecular formula is C24H26N4O3. The van der Waals surface area contributed by atoms with Crippen molar-refractivity contribution in [2.45, 2.75) is 51.2 Å². The number of esters is 1. The fourth-order valence-corrected chi connectivity index (χ4v) is 3.80. The molecule has 0 radical (unpaired) electrons. The van der Waals surface area contributed by atoms with Crippen molar-refractivity contribution in [3.8, 4) is 16.9 Å². The Balaban J connectivity index is 1.55. The standard InChI is InChI=1S/C24H26N4O3/c1-17(23(29)26-19-10-4-2-5-11-19)31-24(30)21-16-28(20-12-6-3-7-13-20)27-22(21)18-9-8-14-25-15-18/h3,6-9,12-17,19H,2,4-5,10-11H2,1H3,(H,26,29). The lowest BCUT2D eigenvalue weighted by atomic mass is 9.95. The number of ether oxygens (including phenoxy) is 1. The zero-order valence-corrected chi connectivity index (χ0v) is 17.5. The van der Waals surface area contributed by atoms with Crippen molar-refractivity contribution in [1.82, 2.24) is 20.1 Å². The van der Waals surface area contributed by atoms with E-state index in [0.29, 0.717) is 11.3 Å². The number of rotatable bonds is 6. The van der Waals surface area contributed by atoms with Gasteiger partial charge in [-0.25, -0.2) is 9.48 Å². The molecular weight excluding hydrogens is 392 g/mol. The van der Waals surface area contributed by atoms with Crippen LogP contribution in [-0.2, 0) is 9.53 Å². The zero-order valence-electron chi connectivity index (χ0n) is 17.5. The lowest BCUT2D eigenvalue weighted by Gasteiger charge is -2.24. The normalized spacial score (nSPS) is 15.3. The predicted molar refractivity (Wildman–Crippen MR) is 117 cm³/mol. The van der Waals surface area contributed by atoms with Crippen molar-refractivity contribution in [3.63, 3.8) is 0 Å². The van der Waals surface area contributed by atoms with Crippen LogP contribution in [0.4, 0.5) is 0 Å². The maximum atomic E-state index is 13.0. The SMILES string of the molecule is CC(OC(=O)c1cn(-c2ccccc2)nc1-c1cccnc1)C(=O)NC1CCCCC1. The molecule has 160 valence electrons. The van der Waals surface area contributed by atoms with Gasteiger partial charge in [-0.05, 0) is 44.0 Å². The summed E-state index contributed by atoms with van der Waals surface area (Å²) in [5.41, 5.74) is 2.26. The quantitative estimate of drug-likeness (QED) is 0.613. The molecule has 1 N–H and O–H groups in total. The second-order valence-corrected chi connectivity index (χ2v) is 7.80. The minimum Gasteiger partial charge on any atom is -0.449 e. The van der Waals surface area contributed by atoms with E-state index in [1.54, 1.807) is 36.3 Å². The molecule has 4 rings (SSSR count). The van der Waals surface area contributed by atoms with Gasteiger partial charge in [-0.1, -0.05) is 37.5 Å². The molecule has 0 bridgehead atoms. The molecule has 1 aromatic carbocycles. The Morgan fingerprint density at radius 3 is 2.58 bits per heavy atom. The second kappa shape index (κ2) is 9.55. The van der Waals surface area contributed by atoms with Crippen LogP contribution in [0.15, 0.2) is 61.1 Å². The Morgan fingerprint density at radius 1 is 1.10 bits per heavy atom. The van der Waals surface area contributed by atoms with Crippen LogP contribution in [0, 0.1) is 0 Å². The highest BCUT2D eigenvalue weighted by molar-refractivity contribution is 5.97. The Bertz CT molecular complexity index is 1030. The lowest BCUT2D eigenvalue weighted by molar-refractivity contribution is -0.130. The Hall–Kier alpha value is -3.48. The molecule has 0 aliphatic heterocycles. The van der Waals surface area contributed by atoms with Crippen molar-refractivity contribution in [2.75, 3.05) is 0 Å². The van der Waals surface area contributed by atoms with Gasteiger partial charge < -0.3 is 10.1 Å². The zero-order chi connectivity index (χ0) is 21.6. The van der Waals surface area contributed by atoms with Gasteiger partial charge in [0.05, 0.1) is 5.69 Å². The van der Waals surface area contributed by atoms with Gasteiger partial charge in [0.25, 0.3) is 5.91 Å². The maximum Gasteiger partial charge on any atom is 0.342 e. The number of nitrogens with zero attached hydrogens (tertiary/aromatic N) is 3. The molecule has 31 heavy (non-hydrogen) atoms. The van der Waals surface area contributed by atoms with Gasteiger partial charge in [0.15, 0.2) is 6.10 Å². The summed E-state index contributed by atoms with van der Waals surface area (Å²) in [7, 11) is 0. The first kappa shape index (κ1) is 20.8. The third-order valence-corrected chi connectivity index (χ3v) is 5.49. The fraction of sp³-hybridized carbons (Fsp3) is 0.333. The molecule has 0 saturated heterocycles. The third-order valence-electron chi connectivity index (χ3n) is 5.49. The van der Waals surface area contributed by atoms with Crippen molar-refractivity contribution in [3.05, 3.63) is 66.6 Å². The molecule has 7 nitrogen and oxygen atoms in total. The van der Waals surface area contributed by atoms with Crippen molar-refractivity contribution in [2.24, 2.45) is 0 Å². The molecule has 1 amide bonds. The van der Waals surface area contributed by atoms with Gasteiger partial charge in [-0.2, -0.15) is 5.10 Å². The molecule has 7 heteroatoms. The molecule has 1 fully saturated rings. The average molecular weight is 418 g/mol. The van der Waals surface area contributed by atoms with Gasteiger partial charge in [-0.15, -0.1) is 0 Å². The van der Waals surface area contributed by atoms with E-state index in [2.05, 4.69) is 15.4 Å². The largest absolute Gasteiger partial charge is 0.449 e. The van der Waals surface area contributed by atoms with Gasteiger partial charge >= 0.3 is 5.97 Å². The van der Waals surface area contributed by atoms with Crippen LogP contribution in [0.2, 0.25) is 0 Å².